The van der Waals surface area contributed by atoms with Crippen molar-refractivity contribution >= 4 is 34.8 Å². The molecule has 6 heteroatoms. The van der Waals surface area contributed by atoms with Gasteiger partial charge in [-0.3, -0.25) is 9.59 Å². The van der Waals surface area contributed by atoms with Gasteiger partial charge in [0.1, 0.15) is 5.75 Å². The van der Waals surface area contributed by atoms with Gasteiger partial charge in [-0.1, -0.05) is 17.7 Å². The van der Waals surface area contributed by atoms with Crippen molar-refractivity contribution in [3.8, 4) is 5.75 Å². The third-order valence-electron chi connectivity index (χ3n) is 3.31. The van der Waals surface area contributed by atoms with Crippen LogP contribution >= 0.6 is 11.6 Å². The predicted molar refractivity (Wildman–Crippen MR) is 84.7 cm³/mol. The van der Waals surface area contributed by atoms with Crippen LogP contribution in [0.1, 0.15) is 15.9 Å². The molecule has 0 saturated heterocycles. The highest BCUT2D eigenvalue weighted by molar-refractivity contribution is 6.31. The molecular weight excluding hydrogens is 304 g/mol. The average Bonchev–Trinajstić information content (AvgIpc) is 2.50. The van der Waals surface area contributed by atoms with Gasteiger partial charge in [0.05, 0.1) is 5.69 Å². The van der Waals surface area contributed by atoms with Crippen molar-refractivity contribution in [3.05, 3.63) is 52.5 Å². The smallest absolute Gasteiger partial charge is 0.262 e. The predicted octanol–water partition coefficient (Wildman–Crippen LogP) is 3.23. The molecule has 2 amide bonds. The molecule has 1 aliphatic rings. The van der Waals surface area contributed by atoms with Crippen molar-refractivity contribution in [2.75, 3.05) is 17.2 Å². The van der Waals surface area contributed by atoms with Crippen molar-refractivity contribution in [3.63, 3.8) is 0 Å². The van der Waals surface area contributed by atoms with Crippen LogP contribution in [0.15, 0.2) is 36.4 Å². The lowest BCUT2D eigenvalue weighted by Crippen LogP contribution is -2.25. The van der Waals surface area contributed by atoms with Crippen LogP contribution in [0.3, 0.4) is 0 Å². The maximum absolute atomic E-state index is 12.3. The van der Waals surface area contributed by atoms with E-state index in [0.29, 0.717) is 27.7 Å². The highest BCUT2D eigenvalue weighted by atomic mass is 35.5. The zero-order chi connectivity index (χ0) is 15.7. The third-order valence-corrected chi connectivity index (χ3v) is 3.71. The molecule has 2 N–H and O–H groups in total. The normalized spacial score (nSPS) is 12.9. The Morgan fingerprint density at radius 2 is 2.09 bits per heavy atom. The summed E-state index contributed by atoms with van der Waals surface area (Å²) in [6.45, 7) is 1.84. The lowest BCUT2D eigenvalue weighted by atomic mass is 10.1. The Kier molecular flexibility index (Phi) is 3.73. The molecule has 2 aromatic rings. The van der Waals surface area contributed by atoms with E-state index in [4.69, 9.17) is 16.3 Å². The number of aryl methyl sites for hydroxylation is 1. The molecule has 22 heavy (non-hydrogen) atoms. The van der Waals surface area contributed by atoms with E-state index in [1.807, 2.05) is 13.0 Å². The summed E-state index contributed by atoms with van der Waals surface area (Å²) in [7, 11) is 0. The third kappa shape index (κ3) is 2.89. The van der Waals surface area contributed by atoms with Gasteiger partial charge in [0.15, 0.2) is 6.61 Å². The number of rotatable bonds is 2. The van der Waals surface area contributed by atoms with Gasteiger partial charge < -0.3 is 15.4 Å². The largest absolute Gasteiger partial charge is 0.482 e. The number of ether oxygens (including phenoxy) is 1. The molecule has 0 saturated carbocycles. The van der Waals surface area contributed by atoms with Crippen LogP contribution in [0.25, 0.3) is 0 Å². The Morgan fingerprint density at radius 3 is 2.86 bits per heavy atom. The van der Waals surface area contributed by atoms with Gasteiger partial charge in [-0.15, -0.1) is 0 Å². The SMILES string of the molecule is Cc1ccc(NC(=O)c2ccc3c(c2)OCC(=O)N3)cc1Cl. The molecule has 2 aromatic carbocycles. The summed E-state index contributed by atoms with van der Waals surface area (Å²) in [5.74, 6) is -0.00333. The maximum Gasteiger partial charge on any atom is 0.262 e. The summed E-state index contributed by atoms with van der Waals surface area (Å²) >= 11 is 6.04. The first-order valence-corrected chi connectivity index (χ1v) is 7.05. The summed E-state index contributed by atoms with van der Waals surface area (Å²) in [4.78, 5) is 23.5. The zero-order valence-corrected chi connectivity index (χ0v) is 12.5. The number of halogens is 1. The second kappa shape index (κ2) is 5.69. The standard InChI is InChI=1S/C16H13ClN2O3/c1-9-2-4-11(7-12(9)17)18-16(21)10-3-5-13-14(6-10)22-8-15(20)19-13/h2-7H,8H2,1H3,(H,18,21)(H,19,20). The summed E-state index contributed by atoms with van der Waals surface area (Å²) in [5, 5.41) is 6.04. The molecule has 0 bridgehead atoms. The van der Waals surface area contributed by atoms with Crippen molar-refractivity contribution in [1.82, 2.24) is 0 Å². The van der Waals surface area contributed by atoms with Gasteiger partial charge in [-0.05, 0) is 42.8 Å². The van der Waals surface area contributed by atoms with E-state index in [2.05, 4.69) is 10.6 Å². The minimum absolute atomic E-state index is 0.0500. The van der Waals surface area contributed by atoms with Crippen LogP contribution in [0.4, 0.5) is 11.4 Å². The Labute approximate surface area is 132 Å². The summed E-state index contributed by atoms with van der Waals surface area (Å²) < 4.78 is 5.30. The lowest BCUT2D eigenvalue weighted by Gasteiger charge is -2.18. The molecule has 1 heterocycles. The fourth-order valence-electron chi connectivity index (χ4n) is 2.09. The molecule has 112 valence electrons. The molecule has 0 aromatic heterocycles. The van der Waals surface area contributed by atoms with Gasteiger partial charge in [0.2, 0.25) is 0 Å². The number of hydrogen-bond acceptors (Lipinski definition) is 3. The first-order valence-electron chi connectivity index (χ1n) is 6.67. The van der Waals surface area contributed by atoms with Gasteiger partial charge in [-0.2, -0.15) is 0 Å². The number of amides is 2. The fourth-order valence-corrected chi connectivity index (χ4v) is 2.27. The summed E-state index contributed by atoms with van der Waals surface area (Å²) in [5.41, 5.74) is 2.56. The van der Waals surface area contributed by atoms with Crippen LogP contribution in [0, 0.1) is 6.92 Å². The molecule has 3 rings (SSSR count). The highest BCUT2D eigenvalue weighted by Gasteiger charge is 2.18. The van der Waals surface area contributed by atoms with Crippen LogP contribution in [0.2, 0.25) is 5.02 Å². The maximum atomic E-state index is 12.3. The van der Waals surface area contributed by atoms with Crippen molar-refractivity contribution < 1.29 is 14.3 Å². The van der Waals surface area contributed by atoms with E-state index < -0.39 is 0 Å². The molecule has 0 unspecified atom stereocenters. The Bertz CT molecular complexity index is 774. The molecule has 0 spiro atoms. The first kappa shape index (κ1) is 14.4. The summed E-state index contributed by atoms with van der Waals surface area (Å²) in [6, 6.07) is 10.2. The van der Waals surface area contributed by atoms with Crippen LogP contribution in [0.5, 0.6) is 5.75 Å². The number of carbonyl (C=O) groups is 2. The van der Waals surface area contributed by atoms with Crippen molar-refractivity contribution in [1.29, 1.82) is 0 Å². The quantitative estimate of drug-likeness (QED) is 0.894. The van der Waals surface area contributed by atoms with Gasteiger partial charge in [0.25, 0.3) is 11.8 Å². The molecule has 0 radical (unpaired) electrons. The number of hydrogen-bond donors (Lipinski definition) is 2. The van der Waals surface area contributed by atoms with E-state index in [-0.39, 0.29) is 18.4 Å². The number of carbonyl (C=O) groups excluding carboxylic acids is 2. The molecule has 0 aliphatic carbocycles. The van der Waals surface area contributed by atoms with E-state index in [9.17, 15) is 9.59 Å². The Balaban J connectivity index is 1.80. The molecule has 5 nitrogen and oxygen atoms in total. The first-order chi connectivity index (χ1) is 10.5. The van der Waals surface area contributed by atoms with Crippen LogP contribution in [-0.2, 0) is 4.79 Å². The van der Waals surface area contributed by atoms with E-state index >= 15 is 0 Å². The number of nitrogens with one attached hydrogen (secondary N) is 2. The minimum atomic E-state index is -0.275. The monoisotopic (exact) mass is 316 g/mol. The van der Waals surface area contributed by atoms with Crippen LogP contribution < -0.4 is 15.4 Å². The second-order valence-corrected chi connectivity index (χ2v) is 5.37. The van der Waals surface area contributed by atoms with Gasteiger partial charge in [0, 0.05) is 16.3 Å². The number of fused-ring (bicyclic) bond motifs is 1. The Morgan fingerprint density at radius 1 is 1.27 bits per heavy atom. The molecule has 0 atom stereocenters. The van der Waals surface area contributed by atoms with Gasteiger partial charge >= 0.3 is 0 Å². The zero-order valence-electron chi connectivity index (χ0n) is 11.8. The molecular formula is C16H13ClN2O3. The Hall–Kier alpha value is -2.53. The second-order valence-electron chi connectivity index (χ2n) is 4.97. The fraction of sp³-hybridized carbons (Fsp3) is 0.125. The number of benzene rings is 2. The van der Waals surface area contributed by atoms with E-state index in [0.717, 1.165) is 5.56 Å². The molecule has 0 fully saturated rings. The van der Waals surface area contributed by atoms with Crippen LogP contribution in [-0.4, -0.2) is 18.4 Å². The van der Waals surface area contributed by atoms with Crippen molar-refractivity contribution in [2.24, 2.45) is 0 Å². The minimum Gasteiger partial charge on any atom is -0.482 e. The van der Waals surface area contributed by atoms with Gasteiger partial charge in [-0.25, -0.2) is 0 Å². The molecule has 1 aliphatic heterocycles. The average molecular weight is 317 g/mol. The summed E-state index contributed by atoms with van der Waals surface area (Å²) in [6.07, 6.45) is 0. The lowest BCUT2D eigenvalue weighted by molar-refractivity contribution is -0.118. The highest BCUT2D eigenvalue weighted by Crippen LogP contribution is 2.29. The van der Waals surface area contributed by atoms with E-state index in [1.54, 1.807) is 30.3 Å². The topological polar surface area (TPSA) is 67.4 Å². The van der Waals surface area contributed by atoms with Crippen molar-refractivity contribution in [2.45, 2.75) is 6.92 Å². The number of anilines is 2. The van der Waals surface area contributed by atoms with E-state index in [1.165, 1.54) is 0 Å².